The second kappa shape index (κ2) is 6.44. The summed E-state index contributed by atoms with van der Waals surface area (Å²) in [4.78, 5) is 7.18. The summed E-state index contributed by atoms with van der Waals surface area (Å²) in [6, 6.07) is 0.745. The molecule has 1 heterocycles. The summed E-state index contributed by atoms with van der Waals surface area (Å²) in [5.41, 5.74) is 0.965. The van der Waals surface area contributed by atoms with Crippen LogP contribution in [0.3, 0.4) is 0 Å². The Hall–Kier alpha value is -1.61. The minimum absolute atomic E-state index is 0.00310. The summed E-state index contributed by atoms with van der Waals surface area (Å²) in [6.45, 7) is -0.00310. The minimum atomic E-state index is -4.58. The molecule has 21 heavy (non-hydrogen) atoms. The fraction of sp³-hybridized carbons (Fsp3) is 0.667. The van der Waals surface area contributed by atoms with Gasteiger partial charge in [-0.1, -0.05) is 12.8 Å². The number of aliphatic hydroxyl groups is 1. The van der Waals surface area contributed by atoms with Crippen molar-refractivity contribution >= 4 is 11.8 Å². The van der Waals surface area contributed by atoms with Crippen LogP contribution < -0.4 is 16.6 Å². The molecular formula is C12H18F3N5O. The van der Waals surface area contributed by atoms with E-state index in [1.54, 1.807) is 0 Å². The summed E-state index contributed by atoms with van der Waals surface area (Å²) >= 11 is 0. The van der Waals surface area contributed by atoms with Crippen molar-refractivity contribution in [3.63, 3.8) is 0 Å². The van der Waals surface area contributed by atoms with Crippen LogP contribution in [0, 0.1) is 5.92 Å². The van der Waals surface area contributed by atoms with E-state index < -0.39 is 11.9 Å². The van der Waals surface area contributed by atoms with Crippen molar-refractivity contribution in [2.75, 3.05) is 17.3 Å². The number of hydrogen-bond donors (Lipinski definition) is 4. The lowest BCUT2D eigenvalue weighted by atomic mass is 9.85. The largest absolute Gasteiger partial charge is 0.433 e. The second-order valence-corrected chi connectivity index (χ2v) is 5.08. The van der Waals surface area contributed by atoms with E-state index in [0.717, 1.165) is 31.7 Å². The summed E-state index contributed by atoms with van der Waals surface area (Å²) in [6.07, 6.45) is -0.979. The Labute approximate surface area is 119 Å². The van der Waals surface area contributed by atoms with Gasteiger partial charge >= 0.3 is 6.18 Å². The smallest absolute Gasteiger partial charge is 0.396 e. The van der Waals surface area contributed by atoms with Crippen molar-refractivity contribution in [1.82, 2.24) is 9.97 Å². The second-order valence-electron chi connectivity index (χ2n) is 5.08. The molecule has 0 saturated heterocycles. The number of nitrogens with zero attached hydrogens (tertiary/aromatic N) is 2. The van der Waals surface area contributed by atoms with Crippen LogP contribution in [0.5, 0.6) is 0 Å². The lowest BCUT2D eigenvalue weighted by Crippen LogP contribution is -2.35. The van der Waals surface area contributed by atoms with Gasteiger partial charge in [-0.25, -0.2) is 10.8 Å². The van der Waals surface area contributed by atoms with Gasteiger partial charge in [0.05, 0.1) is 0 Å². The third-order valence-electron chi connectivity index (χ3n) is 3.62. The molecule has 2 unspecified atom stereocenters. The summed E-state index contributed by atoms with van der Waals surface area (Å²) in [5, 5.41) is 12.3. The van der Waals surface area contributed by atoms with Gasteiger partial charge in [0.2, 0.25) is 5.95 Å². The predicted octanol–water partition coefficient (Wildman–Crippen LogP) is 1.74. The standard InChI is InChI=1S/C12H18F3N5O/c13-12(14,15)9-5-10(19-11(18-9)20-16)17-8-4-2-1-3-7(8)6-21/h5,7-8,21H,1-4,6,16H2,(H2,17,18,19,20). The molecule has 9 heteroatoms. The third-order valence-corrected chi connectivity index (χ3v) is 3.62. The Morgan fingerprint density at radius 2 is 2.00 bits per heavy atom. The molecule has 1 aliphatic rings. The molecule has 0 spiro atoms. The number of aromatic nitrogens is 2. The van der Waals surface area contributed by atoms with E-state index >= 15 is 0 Å². The number of alkyl halides is 3. The molecule has 0 amide bonds. The van der Waals surface area contributed by atoms with Crippen LogP contribution in [0.1, 0.15) is 31.4 Å². The van der Waals surface area contributed by atoms with Gasteiger partial charge in [-0.2, -0.15) is 18.2 Å². The average Bonchev–Trinajstić information content (AvgIpc) is 2.46. The maximum atomic E-state index is 12.8. The van der Waals surface area contributed by atoms with Gasteiger partial charge in [0.1, 0.15) is 5.82 Å². The SMILES string of the molecule is NNc1nc(NC2CCCCC2CO)cc(C(F)(F)F)n1. The Morgan fingerprint density at radius 3 is 2.62 bits per heavy atom. The number of nitrogen functional groups attached to an aromatic ring is 1. The molecule has 1 aliphatic carbocycles. The number of nitrogens with two attached hydrogens (primary N) is 1. The van der Waals surface area contributed by atoms with Crippen LogP contribution >= 0.6 is 0 Å². The highest BCUT2D eigenvalue weighted by Gasteiger charge is 2.34. The van der Waals surface area contributed by atoms with Gasteiger partial charge in [-0.05, 0) is 12.8 Å². The summed E-state index contributed by atoms with van der Waals surface area (Å²) in [7, 11) is 0. The molecular weight excluding hydrogens is 287 g/mol. The molecule has 0 aromatic carbocycles. The number of aliphatic hydroxyl groups excluding tert-OH is 1. The monoisotopic (exact) mass is 305 g/mol. The number of hydrazine groups is 1. The molecule has 118 valence electrons. The molecule has 5 N–H and O–H groups in total. The van der Waals surface area contributed by atoms with Gasteiger partial charge in [-0.3, -0.25) is 5.43 Å². The molecule has 0 bridgehead atoms. The van der Waals surface area contributed by atoms with Crippen LogP contribution in [-0.4, -0.2) is 27.7 Å². The molecule has 1 fully saturated rings. The van der Waals surface area contributed by atoms with E-state index in [1.165, 1.54) is 0 Å². The fourth-order valence-electron chi connectivity index (χ4n) is 2.54. The topological polar surface area (TPSA) is 96.1 Å². The predicted molar refractivity (Wildman–Crippen MR) is 71.3 cm³/mol. The highest BCUT2D eigenvalue weighted by atomic mass is 19.4. The normalized spacial score (nSPS) is 22.9. The van der Waals surface area contributed by atoms with Crippen LogP contribution in [0.4, 0.5) is 24.9 Å². The minimum Gasteiger partial charge on any atom is -0.396 e. The van der Waals surface area contributed by atoms with Crippen molar-refractivity contribution in [1.29, 1.82) is 0 Å². The van der Waals surface area contributed by atoms with E-state index in [1.807, 2.05) is 5.43 Å². The summed E-state index contributed by atoms with van der Waals surface area (Å²) in [5.74, 6) is 4.87. The third kappa shape index (κ3) is 3.94. The van der Waals surface area contributed by atoms with Gasteiger partial charge in [-0.15, -0.1) is 0 Å². The van der Waals surface area contributed by atoms with E-state index in [0.29, 0.717) is 0 Å². The van der Waals surface area contributed by atoms with Crippen LogP contribution in [0.15, 0.2) is 6.07 Å². The number of halogens is 3. The van der Waals surface area contributed by atoms with Crippen molar-refractivity contribution in [3.8, 4) is 0 Å². The lowest BCUT2D eigenvalue weighted by molar-refractivity contribution is -0.141. The molecule has 2 atom stereocenters. The first-order valence-electron chi connectivity index (χ1n) is 6.74. The van der Waals surface area contributed by atoms with E-state index in [4.69, 9.17) is 5.84 Å². The van der Waals surface area contributed by atoms with Crippen molar-refractivity contribution < 1.29 is 18.3 Å². The highest BCUT2D eigenvalue weighted by Crippen LogP contribution is 2.31. The molecule has 1 saturated carbocycles. The van der Waals surface area contributed by atoms with E-state index in [-0.39, 0.29) is 30.3 Å². The maximum Gasteiger partial charge on any atom is 0.433 e. The first kappa shape index (κ1) is 15.8. The van der Waals surface area contributed by atoms with Gasteiger partial charge in [0, 0.05) is 24.6 Å². The molecule has 6 nitrogen and oxygen atoms in total. The van der Waals surface area contributed by atoms with E-state index in [9.17, 15) is 18.3 Å². The molecule has 1 aromatic rings. The van der Waals surface area contributed by atoms with Crippen molar-refractivity contribution in [2.45, 2.75) is 37.9 Å². The van der Waals surface area contributed by atoms with Crippen LogP contribution in [0.25, 0.3) is 0 Å². The average molecular weight is 305 g/mol. The Kier molecular flexibility index (Phi) is 4.84. The van der Waals surface area contributed by atoms with Crippen LogP contribution in [-0.2, 0) is 6.18 Å². The molecule has 0 radical (unpaired) electrons. The quantitative estimate of drug-likeness (QED) is 0.500. The fourth-order valence-corrected chi connectivity index (χ4v) is 2.54. The van der Waals surface area contributed by atoms with Gasteiger partial charge in [0.15, 0.2) is 5.69 Å². The molecule has 1 aromatic heterocycles. The zero-order valence-electron chi connectivity index (χ0n) is 11.3. The van der Waals surface area contributed by atoms with E-state index in [2.05, 4.69) is 15.3 Å². The van der Waals surface area contributed by atoms with Gasteiger partial charge in [0.25, 0.3) is 0 Å². The Morgan fingerprint density at radius 1 is 1.29 bits per heavy atom. The number of rotatable bonds is 4. The zero-order valence-corrected chi connectivity index (χ0v) is 11.3. The lowest BCUT2D eigenvalue weighted by Gasteiger charge is -2.31. The number of anilines is 2. The summed E-state index contributed by atoms with van der Waals surface area (Å²) < 4.78 is 38.3. The van der Waals surface area contributed by atoms with Crippen LogP contribution in [0.2, 0.25) is 0 Å². The first-order valence-corrected chi connectivity index (χ1v) is 6.74. The first-order chi connectivity index (χ1) is 9.94. The Balaban J connectivity index is 2.22. The highest BCUT2D eigenvalue weighted by molar-refractivity contribution is 5.43. The van der Waals surface area contributed by atoms with Crippen molar-refractivity contribution in [3.05, 3.63) is 11.8 Å². The van der Waals surface area contributed by atoms with Gasteiger partial charge < -0.3 is 10.4 Å². The zero-order chi connectivity index (χ0) is 15.5. The maximum absolute atomic E-state index is 12.8. The molecule has 0 aliphatic heterocycles. The van der Waals surface area contributed by atoms with Crippen molar-refractivity contribution in [2.24, 2.45) is 11.8 Å². The number of nitrogens with one attached hydrogen (secondary N) is 2. The number of hydrogen-bond acceptors (Lipinski definition) is 6. The molecule has 2 rings (SSSR count). The Bertz CT molecular complexity index is 482.